The van der Waals surface area contributed by atoms with Crippen molar-refractivity contribution in [2.75, 3.05) is 0 Å². The fourth-order valence-electron chi connectivity index (χ4n) is 5.44. The molecule has 0 fully saturated rings. The second-order valence-electron chi connectivity index (χ2n) is 8.83. The van der Waals surface area contributed by atoms with Crippen molar-refractivity contribution in [3.63, 3.8) is 0 Å². The lowest BCUT2D eigenvalue weighted by Crippen LogP contribution is -2.02. The summed E-state index contributed by atoms with van der Waals surface area (Å²) in [6.45, 7) is 0. The number of aromatic nitrogens is 6. The zero-order valence-electron chi connectivity index (χ0n) is 19.1. The third-order valence-electron chi connectivity index (χ3n) is 6.90. The lowest BCUT2D eigenvalue weighted by Gasteiger charge is -2.09. The Morgan fingerprint density at radius 2 is 1.25 bits per heavy atom. The first kappa shape index (κ1) is 19.2. The summed E-state index contributed by atoms with van der Waals surface area (Å²) in [5, 5.41) is 4.68. The average molecular weight is 463 g/mol. The van der Waals surface area contributed by atoms with E-state index in [0.29, 0.717) is 17.1 Å². The molecule has 0 amide bonds. The highest BCUT2D eigenvalue weighted by molar-refractivity contribution is 6.26. The van der Waals surface area contributed by atoms with Gasteiger partial charge in [-0.2, -0.15) is 4.98 Å². The largest absolute Gasteiger partial charge is 0.309 e. The second-order valence-corrected chi connectivity index (χ2v) is 8.83. The molecule has 6 heteroatoms. The number of para-hydroxylation sites is 3. The molecule has 0 aliphatic heterocycles. The summed E-state index contributed by atoms with van der Waals surface area (Å²) < 4.78 is 4.50. The predicted octanol–water partition coefficient (Wildman–Crippen LogP) is 6.61. The molecule has 0 radical (unpaired) electrons. The Hall–Kier alpha value is -5.10. The minimum atomic E-state index is 0.576. The molecule has 4 aromatic carbocycles. The smallest absolute Gasteiger partial charge is 0.236 e. The van der Waals surface area contributed by atoms with Gasteiger partial charge in [0.1, 0.15) is 5.52 Å². The molecule has 6 nitrogen and oxygen atoms in total. The molecule has 0 aliphatic rings. The monoisotopic (exact) mass is 462 g/mol. The van der Waals surface area contributed by atoms with E-state index in [0.717, 1.165) is 38.5 Å². The lowest BCUT2D eigenvalue weighted by atomic mass is 10.1. The topological polar surface area (TPSA) is 61.4 Å². The first-order valence-electron chi connectivity index (χ1n) is 11.8. The second kappa shape index (κ2) is 7.20. The van der Waals surface area contributed by atoms with Gasteiger partial charge in [0, 0.05) is 39.6 Å². The molecule has 0 saturated heterocycles. The maximum absolute atomic E-state index is 4.84. The van der Waals surface area contributed by atoms with E-state index in [4.69, 9.17) is 9.97 Å². The van der Waals surface area contributed by atoms with Gasteiger partial charge in [0.05, 0.1) is 28.3 Å². The van der Waals surface area contributed by atoms with E-state index >= 15 is 0 Å². The Balaban J connectivity index is 1.61. The molecule has 0 aliphatic carbocycles. The minimum Gasteiger partial charge on any atom is -0.309 e. The Labute approximate surface area is 205 Å². The lowest BCUT2D eigenvalue weighted by molar-refractivity contribution is 0.997. The molecule has 0 spiro atoms. The minimum absolute atomic E-state index is 0.576. The molecule has 0 atom stereocenters. The molecule has 8 aromatic rings. The van der Waals surface area contributed by atoms with Gasteiger partial charge in [0.15, 0.2) is 5.65 Å². The number of fused-ring (bicyclic) bond motifs is 8. The van der Waals surface area contributed by atoms with Crippen LogP contribution in [0.1, 0.15) is 0 Å². The van der Waals surface area contributed by atoms with Crippen LogP contribution in [0, 0.1) is 0 Å². The summed E-state index contributed by atoms with van der Waals surface area (Å²) in [6, 6.07) is 32.0. The molecule has 0 unspecified atom stereocenters. The van der Waals surface area contributed by atoms with E-state index in [2.05, 4.69) is 104 Å². The van der Waals surface area contributed by atoms with Crippen LogP contribution in [0.4, 0.5) is 0 Å². The van der Waals surface area contributed by atoms with Crippen LogP contribution in [0.25, 0.3) is 66.4 Å². The molecule has 4 heterocycles. The van der Waals surface area contributed by atoms with Crippen molar-refractivity contribution in [2.45, 2.75) is 0 Å². The fraction of sp³-hybridized carbons (Fsp3) is 0. The normalized spacial score (nSPS) is 11.9. The van der Waals surface area contributed by atoms with E-state index in [1.165, 1.54) is 10.8 Å². The summed E-state index contributed by atoms with van der Waals surface area (Å²) in [5.41, 5.74) is 6.82. The zero-order chi connectivity index (χ0) is 23.6. The van der Waals surface area contributed by atoms with Crippen LogP contribution < -0.4 is 0 Å². The third kappa shape index (κ3) is 2.55. The van der Waals surface area contributed by atoms with Crippen molar-refractivity contribution < 1.29 is 0 Å². The first-order chi connectivity index (χ1) is 17.9. The van der Waals surface area contributed by atoms with Gasteiger partial charge in [-0.3, -0.25) is 4.57 Å². The SMILES string of the molecule is c1ccc(-n2c3ccccc3c3c2ccc2c4ccccc4n(-c4ncc5nccnc5n4)c23)cc1. The van der Waals surface area contributed by atoms with E-state index in [-0.39, 0.29) is 0 Å². The average Bonchev–Trinajstić information content (AvgIpc) is 3.46. The van der Waals surface area contributed by atoms with Crippen LogP contribution in [0.2, 0.25) is 0 Å². The zero-order valence-corrected chi connectivity index (χ0v) is 19.1. The molecule has 4 aromatic heterocycles. The van der Waals surface area contributed by atoms with Crippen LogP contribution in [0.5, 0.6) is 0 Å². The Morgan fingerprint density at radius 1 is 0.528 bits per heavy atom. The third-order valence-corrected chi connectivity index (χ3v) is 6.90. The van der Waals surface area contributed by atoms with Gasteiger partial charge in [0.2, 0.25) is 5.95 Å². The molecular formula is C30H18N6. The summed E-state index contributed by atoms with van der Waals surface area (Å²) in [4.78, 5) is 18.4. The summed E-state index contributed by atoms with van der Waals surface area (Å²) in [6.07, 6.45) is 5.07. The standard InChI is InChI=1S/C30H18N6/c1-2-8-19(9-3-1)35-25-13-7-5-11-22(25)27-26(35)15-14-21-20-10-4-6-12-24(20)36(28(21)27)30-33-18-23-29(34-30)32-17-16-31-23/h1-18H. The van der Waals surface area contributed by atoms with Crippen LogP contribution in [-0.2, 0) is 0 Å². The molecule has 0 bridgehead atoms. The van der Waals surface area contributed by atoms with Gasteiger partial charge < -0.3 is 4.57 Å². The highest BCUT2D eigenvalue weighted by atomic mass is 15.2. The highest BCUT2D eigenvalue weighted by Gasteiger charge is 2.21. The highest BCUT2D eigenvalue weighted by Crippen LogP contribution is 2.41. The van der Waals surface area contributed by atoms with Crippen LogP contribution >= 0.6 is 0 Å². The van der Waals surface area contributed by atoms with Gasteiger partial charge in [0.25, 0.3) is 0 Å². The van der Waals surface area contributed by atoms with Crippen LogP contribution in [-0.4, -0.2) is 29.1 Å². The Bertz CT molecular complexity index is 2100. The Morgan fingerprint density at radius 3 is 2.11 bits per heavy atom. The van der Waals surface area contributed by atoms with E-state index < -0.39 is 0 Å². The quantitative estimate of drug-likeness (QED) is 0.290. The van der Waals surface area contributed by atoms with Crippen molar-refractivity contribution in [3.05, 3.63) is 110 Å². The maximum atomic E-state index is 4.84. The summed E-state index contributed by atoms with van der Waals surface area (Å²) in [7, 11) is 0. The van der Waals surface area contributed by atoms with E-state index in [9.17, 15) is 0 Å². The molecule has 8 rings (SSSR count). The van der Waals surface area contributed by atoms with Crippen molar-refractivity contribution >= 4 is 54.8 Å². The van der Waals surface area contributed by atoms with Crippen molar-refractivity contribution in [1.82, 2.24) is 29.1 Å². The summed E-state index contributed by atoms with van der Waals surface area (Å²) in [5.74, 6) is 0.582. The van der Waals surface area contributed by atoms with Gasteiger partial charge in [-0.1, -0.05) is 60.7 Å². The van der Waals surface area contributed by atoms with Gasteiger partial charge in [-0.15, -0.1) is 0 Å². The summed E-state index contributed by atoms with van der Waals surface area (Å²) >= 11 is 0. The molecule has 0 saturated carbocycles. The van der Waals surface area contributed by atoms with Gasteiger partial charge in [-0.05, 0) is 30.3 Å². The van der Waals surface area contributed by atoms with Gasteiger partial charge in [-0.25, -0.2) is 15.0 Å². The number of hydrogen-bond donors (Lipinski definition) is 0. The number of rotatable bonds is 2. The van der Waals surface area contributed by atoms with Gasteiger partial charge >= 0.3 is 0 Å². The molecule has 0 N–H and O–H groups in total. The Kier molecular flexibility index (Phi) is 3.85. The number of benzene rings is 4. The first-order valence-corrected chi connectivity index (χ1v) is 11.8. The van der Waals surface area contributed by atoms with Crippen molar-refractivity contribution in [3.8, 4) is 11.6 Å². The maximum Gasteiger partial charge on any atom is 0.236 e. The molecular weight excluding hydrogens is 444 g/mol. The van der Waals surface area contributed by atoms with Crippen LogP contribution in [0.3, 0.4) is 0 Å². The number of hydrogen-bond acceptors (Lipinski definition) is 4. The van der Waals surface area contributed by atoms with Crippen molar-refractivity contribution in [2.24, 2.45) is 0 Å². The van der Waals surface area contributed by atoms with E-state index in [1.54, 1.807) is 18.6 Å². The molecule has 36 heavy (non-hydrogen) atoms. The predicted molar refractivity (Wildman–Crippen MR) is 144 cm³/mol. The fourth-order valence-corrected chi connectivity index (χ4v) is 5.44. The van der Waals surface area contributed by atoms with Crippen LogP contribution in [0.15, 0.2) is 110 Å². The van der Waals surface area contributed by atoms with Crippen molar-refractivity contribution in [1.29, 1.82) is 0 Å². The van der Waals surface area contributed by atoms with E-state index in [1.807, 2.05) is 6.07 Å². The number of nitrogens with zero attached hydrogens (tertiary/aromatic N) is 6. The molecule has 168 valence electrons.